The molecule has 4 unspecified atom stereocenters. The molecule has 4 atom stereocenters. The molecule has 0 aliphatic heterocycles. The zero-order valence-corrected chi connectivity index (χ0v) is 41.6. The molecule has 0 saturated carbocycles. The molecule has 0 aromatic heterocycles. The highest BCUT2D eigenvalue weighted by Gasteiger charge is 2.28. The molecule has 0 saturated heterocycles. The van der Waals surface area contributed by atoms with Crippen LogP contribution in [0.25, 0.3) is 0 Å². The van der Waals surface area contributed by atoms with Gasteiger partial charge in [0.25, 0.3) is 0 Å². The Balaban J connectivity index is 3.61. The first kappa shape index (κ1) is 60.8. The van der Waals surface area contributed by atoms with Gasteiger partial charge in [-0.25, -0.2) is 0 Å². The van der Waals surface area contributed by atoms with Crippen molar-refractivity contribution in [3.8, 4) is 0 Å². The summed E-state index contributed by atoms with van der Waals surface area (Å²) < 4.78 is 0. The normalized spacial score (nSPS) is 14.0. The Labute approximate surface area is 386 Å². The number of carbonyl (C=O) groups excluding carboxylic acids is 1. The van der Waals surface area contributed by atoms with Gasteiger partial charge in [-0.2, -0.15) is 0 Å². The number of allylic oxidation sites excluding steroid dienone is 4. The summed E-state index contributed by atoms with van der Waals surface area (Å²) in [5.41, 5.74) is 0. The number of amides is 1. The average Bonchev–Trinajstić information content (AvgIpc) is 3.28. The van der Waals surface area contributed by atoms with Crippen LogP contribution in [0.15, 0.2) is 24.3 Å². The molecule has 0 aliphatic carbocycles. The summed E-state index contributed by atoms with van der Waals surface area (Å²) in [5.74, 6) is -0.599. The van der Waals surface area contributed by atoms with Gasteiger partial charge in [-0.1, -0.05) is 256 Å². The van der Waals surface area contributed by atoms with Crippen LogP contribution in [0.1, 0.15) is 296 Å². The Morgan fingerprint density at radius 3 is 0.968 bits per heavy atom. The van der Waals surface area contributed by atoms with Gasteiger partial charge in [0.2, 0.25) is 5.91 Å². The monoisotopic (exact) mass is 876 g/mol. The number of nitrogens with one attached hydrogen (secondary N) is 1. The number of unbranched alkanes of at least 4 members (excludes halogenated alkanes) is 38. The minimum Gasteiger partial charge on any atom is -0.394 e. The van der Waals surface area contributed by atoms with Crippen molar-refractivity contribution in [1.29, 1.82) is 0 Å². The molecule has 6 heteroatoms. The summed E-state index contributed by atoms with van der Waals surface area (Å²) in [4.78, 5) is 12.5. The lowest BCUT2D eigenvalue weighted by molar-refractivity contribution is -0.132. The fourth-order valence-electron chi connectivity index (χ4n) is 8.75. The van der Waals surface area contributed by atoms with Crippen LogP contribution in [-0.4, -0.2) is 57.3 Å². The minimum absolute atomic E-state index is 0.350. The second-order valence-electron chi connectivity index (χ2n) is 19.3. The molecule has 368 valence electrons. The van der Waals surface area contributed by atoms with Gasteiger partial charge >= 0.3 is 0 Å². The van der Waals surface area contributed by atoms with Crippen LogP contribution in [0, 0.1) is 0 Å². The largest absolute Gasteiger partial charge is 0.394 e. The van der Waals surface area contributed by atoms with Gasteiger partial charge in [-0.15, -0.1) is 0 Å². The highest BCUT2D eigenvalue weighted by Crippen LogP contribution is 2.17. The SMILES string of the molecule is CCCCCCCCC/C=C\CCCCCCC(O)C(=O)NC(CO)C(O)C(O)CCC/C=C/CCCCCCCCCCCCCCCCCCCCCCCCCCCC. The molecule has 0 spiro atoms. The van der Waals surface area contributed by atoms with E-state index in [9.17, 15) is 25.2 Å². The molecule has 0 aromatic carbocycles. The summed E-state index contributed by atoms with van der Waals surface area (Å²) in [6, 6.07) is -1.01. The van der Waals surface area contributed by atoms with E-state index in [1.165, 1.54) is 218 Å². The third kappa shape index (κ3) is 44.0. The Morgan fingerprint density at radius 2 is 0.661 bits per heavy atom. The Morgan fingerprint density at radius 1 is 0.387 bits per heavy atom. The van der Waals surface area contributed by atoms with Crippen LogP contribution in [-0.2, 0) is 4.79 Å². The molecule has 0 fully saturated rings. The number of carbonyl (C=O) groups is 1. The van der Waals surface area contributed by atoms with E-state index in [-0.39, 0.29) is 0 Å². The quantitative estimate of drug-likeness (QED) is 0.0309. The van der Waals surface area contributed by atoms with Gasteiger partial charge in [0.15, 0.2) is 0 Å². The van der Waals surface area contributed by atoms with E-state index in [1.807, 2.05) is 0 Å². The summed E-state index contributed by atoms with van der Waals surface area (Å²) in [5, 5.41) is 43.8. The summed E-state index contributed by atoms with van der Waals surface area (Å²) >= 11 is 0. The molecule has 0 heterocycles. The number of aliphatic hydroxyl groups excluding tert-OH is 4. The highest BCUT2D eigenvalue weighted by molar-refractivity contribution is 5.80. The average molecular weight is 876 g/mol. The number of rotatable bonds is 51. The third-order valence-electron chi connectivity index (χ3n) is 13.1. The molecular formula is C56H109NO5. The molecule has 6 nitrogen and oxygen atoms in total. The van der Waals surface area contributed by atoms with Crippen molar-refractivity contribution in [3.63, 3.8) is 0 Å². The van der Waals surface area contributed by atoms with Crippen molar-refractivity contribution in [1.82, 2.24) is 5.32 Å². The van der Waals surface area contributed by atoms with Crippen LogP contribution < -0.4 is 5.32 Å². The molecule has 5 N–H and O–H groups in total. The smallest absolute Gasteiger partial charge is 0.249 e. The van der Waals surface area contributed by atoms with Gasteiger partial charge in [0.05, 0.1) is 18.8 Å². The predicted molar refractivity (Wildman–Crippen MR) is 270 cm³/mol. The van der Waals surface area contributed by atoms with Gasteiger partial charge in [0, 0.05) is 0 Å². The molecule has 0 bridgehead atoms. The van der Waals surface area contributed by atoms with E-state index in [0.29, 0.717) is 12.8 Å². The third-order valence-corrected chi connectivity index (χ3v) is 13.1. The number of hydrogen-bond acceptors (Lipinski definition) is 5. The first-order valence-corrected chi connectivity index (χ1v) is 27.7. The summed E-state index contributed by atoms with van der Waals surface area (Å²) in [6.07, 6.45) is 61.2. The Hall–Kier alpha value is -1.21. The van der Waals surface area contributed by atoms with E-state index in [1.54, 1.807) is 0 Å². The van der Waals surface area contributed by atoms with Gasteiger partial charge in [-0.05, 0) is 64.2 Å². The number of aliphatic hydroxyl groups is 4. The minimum atomic E-state index is -1.28. The fraction of sp³-hybridized carbons (Fsp3) is 0.911. The van der Waals surface area contributed by atoms with Gasteiger partial charge < -0.3 is 25.7 Å². The van der Waals surface area contributed by atoms with Crippen LogP contribution in [0.5, 0.6) is 0 Å². The van der Waals surface area contributed by atoms with Crippen molar-refractivity contribution in [2.24, 2.45) is 0 Å². The Kier molecular flexibility index (Phi) is 49.8. The number of hydrogen-bond donors (Lipinski definition) is 5. The zero-order chi connectivity index (χ0) is 45.2. The second-order valence-corrected chi connectivity index (χ2v) is 19.3. The molecular weight excluding hydrogens is 767 g/mol. The molecule has 0 radical (unpaired) electrons. The predicted octanol–water partition coefficient (Wildman–Crippen LogP) is 15.9. The topological polar surface area (TPSA) is 110 Å². The zero-order valence-electron chi connectivity index (χ0n) is 41.6. The van der Waals surface area contributed by atoms with E-state index in [2.05, 4.69) is 43.5 Å². The second kappa shape index (κ2) is 50.8. The first-order valence-electron chi connectivity index (χ1n) is 27.7. The molecule has 0 aromatic rings. The van der Waals surface area contributed by atoms with E-state index >= 15 is 0 Å². The van der Waals surface area contributed by atoms with Crippen LogP contribution >= 0.6 is 0 Å². The maximum atomic E-state index is 12.5. The van der Waals surface area contributed by atoms with Crippen molar-refractivity contribution in [2.75, 3.05) is 6.61 Å². The van der Waals surface area contributed by atoms with Gasteiger partial charge in [0.1, 0.15) is 12.2 Å². The van der Waals surface area contributed by atoms with Crippen LogP contribution in [0.2, 0.25) is 0 Å². The van der Waals surface area contributed by atoms with Crippen LogP contribution in [0.4, 0.5) is 0 Å². The molecule has 0 rings (SSSR count). The molecule has 62 heavy (non-hydrogen) atoms. The highest BCUT2D eigenvalue weighted by atomic mass is 16.3. The maximum absolute atomic E-state index is 12.5. The first-order chi connectivity index (χ1) is 30.5. The van der Waals surface area contributed by atoms with Crippen molar-refractivity contribution >= 4 is 5.91 Å². The Bertz CT molecular complexity index is 939. The van der Waals surface area contributed by atoms with Crippen molar-refractivity contribution in [3.05, 3.63) is 24.3 Å². The maximum Gasteiger partial charge on any atom is 0.249 e. The van der Waals surface area contributed by atoms with Crippen LogP contribution in [0.3, 0.4) is 0 Å². The lowest BCUT2D eigenvalue weighted by atomic mass is 10.00. The van der Waals surface area contributed by atoms with Crippen molar-refractivity contribution in [2.45, 2.75) is 321 Å². The van der Waals surface area contributed by atoms with E-state index in [4.69, 9.17) is 0 Å². The summed E-state index contributed by atoms with van der Waals surface area (Å²) in [7, 11) is 0. The lowest BCUT2D eigenvalue weighted by Gasteiger charge is -2.27. The van der Waals surface area contributed by atoms with Crippen molar-refractivity contribution < 1.29 is 25.2 Å². The summed E-state index contributed by atoms with van der Waals surface area (Å²) in [6.45, 7) is 4.06. The van der Waals surface area contributed by atoms with Gasteiger partial charge in [-0.3, -0.25) is 4.79 Å². The fourth-order valence-corrected chi connectivity index (χ4v) is 8.75. The molecule has 1 amide bonds. The molecule has 0 aliphatic rings. The van der Waals surface area contributed by atoms with E-state index < -0.39 is 36.9 Å². The lowest BCUT2D eigenvalue weighted by Crippen LogP contribution is -2.53. The standard InChI is InChI=1S/C56H109NO5/c1-3-5-7-9-11-13-15-17-19-20-21-22-23-24-25-26-27-28-29-30-31-32-33-34-36-37-39-41-43-45-47-49-53(59)55(61)52(51-58)57-56(62)54(60)50-48-46-44-42-40-38-35-18-16-14-12-10-8-6-4-2/h35,38,41,43,52-55,58-61H,3-34,36-37,39-40,42,44-51H2,1-2H3,(H,57,62)/b38-35-,43-41+. The van der Waals surface area contributed by atoms with E-state index in [0.717, 1.165) is 51.4 Å².